The Morgan fingerprint density at radius 2 is 2.08 bits per heavy atom. The van der Waals surface area contributed by atoms with Gasteiger partial charge in [-0.15, -0.1) is 5.10 Å². The largest absolute Gasteiger partial charge is 0.550 e. The molecule has 1 amide bonds. The van der Waals surface area contributed by atoms with Crippen LogP contribution in [-0.2, 0) is 9.59 Å². The summed E-state index contributed by atoms with van der Waals surface area (Å²) in [5, 5.41) is 20.7. The number of benzene rings is 1. The van der Waals surface area contributed by atoms with Gasteiger partial charge in [-0.3, -0.25) is 4.79 Å². The zero-order chi connectivity index (χ0) is 17.5. The number of nitrogens with one attached hydrogen (secondary N) is 1. The van der Waals surface area contributed by atoms with Crippen LogP contribution in [0, 0.1) is 0 Å². The van der Waals surface area contributed by atoms with Gasteiger partial charge in [0.1, 0.15) is 5.75 Å². The van der Waals surface area contributed by atoms with E-state index >= 15 is 0 Å². The van der Waals surface area contributed by atoms with Crippen LogP contribution in [0.15, 0.2) is 34.5 Å². The number of thioether (sulfide) groups is 1. The zero-order valence-electron chi connectivity index (χ0n) is 13.4. The highest BCUT2D eigenvalue weighted by atomic mass is 32.2. The molecule has 2 rings (SSSR count). The quantitative estimate of drug-likeness (QED) is 0.583. The molecule has 1 atom stereocenters. The predicted octanol–water partition coefficient (Wildman–Crippen LogP) is 0.927. The number of amidine groups is 1. The topological polar surface area (TPSA) is 103 Å². The van der Waals surface area contributed by atoms with Crippen molar-refractivity contribution >= 4 is 34.5 Å². The van der Waals surface area contributed by atoms with Gasteiger partial charge in [0.05, 0.1) is 17.6 Å². The molecule has 0 bridgehead atoms. The van der Waals surface area contributed by atoms with Crippen LogP contribution in [0.25, 0.3) is 0 Å². The third-order valence-electron chi connectivity index (χ3n) is 3.16. The SMILES string of the molecule is CCCOc1ccc(/C(C)=N\N=C2\NC(=O)[C@@H](CC(=O)[O-])S2)cc1. The highest BCUT2D eigenvalue weighted by Crippen LogP contribution is 2.22. The van der Waals surface area contributed by atoms with E-state index in [4.69, 9.17) is 4.74 Å². The lowest BCUT2D eigenvalue weighted by atomic mass is 10.1. The average Bonchev–Trinajstić information content (AvgIpc) is 2.90. The third kappa shape index (κ3) is 5.09. The summed E-state index contributed by atoms with van der Waals surface area (Å²) in [6, 6.07) is 7.48. The molecular formula is C16H18N3O4S-. The standard InChI is InChI=1S/C16H19N3O4S/c1-3-8-23-12-6-4-11(5-7-12)10(2)18-19-16-17-15(22)13(24-16)9-14(20)21/h4-7,13H,3,8-9H2,1-2H3,(H,20,21)(H,17,19,22)/p-1/b18-10-/t13-/m1/s1. The number of hydrogen-bond donors (Lipinski definition) is 1. The van der Waals surface area contributed by atoms with Crippen molar-refractivity contribution in [2.75, 3.05) is 6.61 Å². The van der Waals surface area contributed by atoms with Crippen LogP contribution in [-0.4, -0.2) is 34.6 Å². The Morgan fingerprint density at radius 1 is 1.38 bits per heavy atom. The predicted molar refractivity (Wildman–Crippen MR) is 91.0 cm³/mol. The molecule has 1 aromatic carbocycles. The summed E-state index contributed by atoms with van der Waals surface area (Å²) in [5.74, 6) is -0.870. The first-order chi connectivity index (χ1) is 11.5. The molecule has 0 spiro atoms. The number of aliphatic carboxylic acids is 1. The van der Waals surface area contributed by atoms with Crippen molar-refractivity contribution in [3.05, 3.63) is 29.8 Å². The summed E-state index contributed by atoms with van der Waals surface area (Å²) in [5.41, 5.74) is 1.55. The molecule has 0 saturated carbocycles. The van der Waals surface area contributed by atoms with E-state index in [0.29, 0.717) is 12.3 Å². The van der Waals surface area contributed by atoms with E-state index in [1.54, 1.807) is 6.92 Å². The summed E-state index contributed by atoms with van der Waals surface area (Å²) in [4.78, 5) is 22.2. The van der Waals surface area contributed by atoms with E-state index < -0.39 is 17.1 Å². The van der Waals surface area contributed by atoms with Gasteiger partial charge in [-0.2, -0.15) is 5.10 Å². The van der Waals surface area contributed by atoms with Gasteiger partial charge in [-0.05, 0) is 43.2 Å². The molecule has 7 nitrogen and oxygen atoms in total. The maximum absolute atomic E-state index is 11.6. The first-order valence-electron chi connectivity index (χ1n) is 7.52. The number of carbonyl (C=O) groups excluding carboxylic acids is 2. The van der Waals surface area contributed by atoms with Crippen LogP contribution in [0.1, 0.15) is 32.3 Å². The molecule has 24 heavy (non-hydrogen) atoms. The van der Waals surface area contributed by atoms with E-state index in [1.807, 2.05) is 31.2 Å². The van der Waals surface area contributed by atoms with Crippen LogP contribution in [0.2, 0.25) is 0 Å². The Kier molecular flexibility index (Phi) is 6.36. The fraction of sp³-hybridized carbons (Fsp3) is 0.375. The number of carbonyl (C=O) groups is 2. The van der Waals surface area contributed by atoms with Gasteiger partial charge in [0.25, 0.3) is 0 Å². The Hall–Kier alpha value is -2.35. The fourth-order valence-electron chi connectivity index (χ4n) is 1.93. The number of ether oxygens (including phenoxy) is 1. The Balaban J connectivity index is 2.00. The van der Waals surface area contributed by atoms with Gasteiger partial charge >= 0.3 is 0 Å². The first kappa shape index (κ1) is 18.0. The Labute approximate surface area is 144 Å². The molecule has 0 aliphatic carbocycles. The Morgan fingerprint density at radius 3 is 2.71 bits per heavy atom. The van der Waals surface area contributed by atoms with Crippen LogP contribution in [0.5, 0.6) is 5.75 Å². The molecule has 1 fully saturated rings. The van der Waals surface area contributed by atoms with Crippen LogP contribution < -0.4 is 15.2 Å². The molecule has 1 N–H and O–H groups in total. The molecule has 0 radical (unpaired) electrons. The molecular weight excluding hydrogens is 330 g/mol. The van der Waals surface area contributed by atoms with E-state index in [-0.39, 0.29) is 11.6 Å². The van der Waals surface area contributed by atoms with E-state index in [2.05, 4.69) is 15.5 Å². The van der Waals surface area contributed by atoms with Gasteiger partial charge in [-0.25, -0.2) is 0 Å². The van der Waals surface area contributed by atoms with Gasteiger partial charge < -0.3 is 20.0 Å². The number of nitrogens with zero attached hydrogens (tertiary/aromatic N) is 2. The zero-order valence-corrected chi connectivity index (χ0v) is 14.3. The lowest BCUT2D eigenvalue weighted by Gasteiger charge is -2.05. The number of carboxylic acids is 1. The maximum Gasteiger partial charge on any atom is 0.239 e. The normalized spacial score (nSPS) is 19.4. The molecule has 128 valence electrons. The summed E-state index contributed by atoms with van der Waals surface area (Å²) in [6.45, 7) is 4.51. The number of amides is 1. The second kappa shape index (κ2) is 8.49. The van der Waals surface area contributed by atoms with Crippen molar-refractivity contribution in [2.24, 2.45) is 10.2 Å². The van der Waals surface area contributed by atoms with Crippen molar-refractivity contribution in [1.29, 1.82) is 0 Å². The minimum Gasteiger partial charge on any atom is -0.550 e. The molecule has 8 heteroatoms. The molecule has 1 aliphatic heterocycles. The average molecular weight is 348 g/mol. The van der Waals surface area contributed by atoms with Gasteiger partial charge in [0.15, 0.2) is 5.17 Å². The van der Waals surface area contributed by atoms with Crippen molar-refractivity contribution in [3.63, 3.8) is 0 Å². The highest BCUT2D eigenvalue weighted by molar-refractivity contribution is 8.15. The molecule has 0 aromatic heterocycles. The second-order valence-electron chi connectivity index (χ2n) is 5.14. The Bertz CT molecular complexity index is 670. The monoisotopic (exact) mass is 348 g/mol. The number of rotatable bonds is 7. The van der Waals surface area contributed by atoms with Gasteiger partial charge in [0.2, 0.25) is 5.91 Å². The van der Waals surface area contributed by atoms with Crippen molar-refractivity contribution < 1.29 is 19.4 Å². The summed E-state index contributed by atoms with van der Waals surface area (Å²) in [6.07, 6.45) is 0.597. The molecule has 1 saturated heterocycles. The molecule has 1 aliphatic rings. The minimum absolute atomic E-state index is 0.286. The van der Waals surface area contributed by atoms with Crippen LogP contribution >= 0.6 is 11.8 Å². The van der Waals surface area contributed by atoms with Crippen LogP contribution in [0.4, 0.5) is 0 Å². The number of carboxylic acid groups (broad SMARTS) is 1. The van der Waals surface area contributed by atoms with Gasteiger partial charge in [0, 0.05) is 12.4 Å². The minimum atomic E-state index is -1.27. The van der Waals surface area contributed by atoms with Crippen LogP contribution in [0.3, 0.4) is 0 Å². The van der Waals surface area contributed by atoms with Crippen molar-refractivity contribution in [2.45, 2.75) is 31.9 Å². The van der Waals surface area contributed by atoms with E-state index in [1.165, 1.54) is 0 Å². The molecule has 1 aromatic rings. The summed E-state index contributed by atoms with van der Waals surface area (Å²) in [7, 11) is 0. The fourth-order valence-corrected chi connectivity index (χ4v) is 2.83. The number of hydrogen-bond acceptors (Lipinski definition) is 7. The lowest BCUT2D eigenvalue weighted by Crippen LogP contribution is -2.31. The second-order valence-corrected chi connectivity index (χ2v) is 6.33. The maximum atomic E-state index is 11.6. The summed E-state index contributed by atoms with van der Waals surface area (Å²) < 4.78 is 5.52. The molecule has 0 unspecified atom stereocenters. The summed E-state index contributed by atoms with van der Waals surface area (Å²) >= 11 is 1.04. The van der Waals surface area contributed by atoms with E-state index in [9.17, 15) is 14.7 Å². The smallest absolute Gasteiger partial charge is 0.239 e. The highest BCUT2D eigenvalue weighted by Gasteiger charge is 2.30. The van der Waals surface area contributed by atoms with Crippen molar-refractivity contribution in [3.8, 4) is 5.75 Å². The van der Waals surface area contributed by atoms with Gasteiger partial charge in [-0.1, -0.05) is 18.7 Å². The third-order valence-corrected chi connectivity index (χ3v) is 4.24. The molecule has 1 heterocycles. The van der Waals surface area contributed by atoms with Crippen molar-refractivity contribution in [1.82, 2.24) is 5.32 Å². The first-order valence-corrected chi connectivity index (χ1v) is 8.40. The van der Waals surface area contributed by atoms with E-state index in [0.717, 1.165) is 29.5 Å². The lowest BCUT2D eigenvalue weighted by molar-refractivity contribution is -0.305.